The first-order valence-electron chi connectivity index (χ1n) is 5.47. The largest absolute Gasteiger partial charge is 0.374 e. The summed E-state index contributed by atoms with van der Waals surface area (Å²) >= 11 is 5.86. The number of anilines is 1. The van der Waals surface area contributed by atoms with Crippen LogP contribution < -0.4 is 10.6 Å². The molecule has 0 aromatic heterocycles. The normalized spacial score (nSPS) is 16.6. The maximum Gasteiger partial charge on any atom is 0.242 e. The van der Waals surface area contributed by atoms with E-state index in [0.717, 1.165) is 18.5 Å². The molecule has 16 heavy (non-hydrogen) atoms. The van der Waals surface area contributed by atoms with Crippen LogP contribution in [0.5, 0.6) is 0 Å². The lowest BCUT2D eigenvalue weighted by Gasteiger charge is -2.15. The molecule has 1 aliphatic rings. The van der Waals surface area contributed by atoms with Crippen LogP contribution in [0.15, 0.2) is 24.3 Å². The first-order valence-corrected chi connectivity index (χ1v) is 5.85. The van der Waals surface area contributed by atoms with Gasteiger partial charge in [-0.3, -0.25) is 4.79 Å². The fourth-order valence-corrected chi connectivity index (χ4v) is 1.64. The maximum atomic E-state index is 11.7. The van der Waals surface area contributed by atoms with E-state index < -0.39 is 0 Å². The standard InChI is InChI=1S/C12H15ClN2O/c1-8(12(16)15-10-5-6-10)14-11-4-2-3-9(13)7-11/h2-4,7-8,10,14H,5-6H2,1H3,(H,15,16). The third kappa shape index (κ3) is 3.14. The first-order chi connectivity index (χ1) is 7.65. The molecule has 1 aromatic carbocycles. The first kappa shape index (κ1) is 11.3. The third-order valence-corrected chi connectivity index (χ3v) is 2.76. The average Bonchev–Trinajstić information content (AvgIpc) is 3.01. The lowest BCUT2D eigenvalue weighted by atomic mass is 10.2. The number of amides is 1. The van der Waals surface area contributed by atoms with Crippen LogP contribution in [-0.2, 0) is 4.79 Å². The highest BCUT2D eigenvalue weighted by Crippen LogP contribution is 2.19. The summed E-state index contributed by atoms with van der Waals surface area (Å²) in [7, 11) is 0. The van der Waals surface area contributed by atoms with E-state index in [9.17, 15) is 4.79 Å². The highest BCUT2D eigenvalue weighted by atomic mass is 35.5. The Bertz CT molecular complexity index is 390. The number of nitrogens with one attached hydrogen (secondary N) is 2. The van der Waals surface area contributed by atoms with Gasteiger partial charge in [-0.25, -0.2) is 0 Å². The Balaban J connectivity index is 1.90. The van der Waals surface area contributed by atoms with Crippen molar-refractivity contribution in [2.24, 2.45) is 0 Å². The highest BCUT2D eigenvalue weighted by molar-refractivity contribution is 6.30. The van der Waals surface area contributed by atoms with Gasteiger partial charge in [-0.2, -0.15) is 0 Å². The van der Waals surface area contributed by atoms with E-state index in [1.807, 2.05) is 31.2 Å². The van der Waals surface area contributed by atoms with E-state index in [4.69, 9.17) is 11.6 Å². The molecule has 0 bridgehead atoms. The molecule has 0 saturated heterocycles. The van der Waals surface area contributed by atoms with Crippen LogP contribution in [-0.4, -0.2) is 18.0 Å². The van der Waals surface area contributed by atoms with Gasteiger partial charge in [-0.05, 0) is 38.0 Å². The van der Waals surface area contributed by atoms with Gasteiger partial charge in [-0.15, -0.1) is 0 Å². The van der Waals surface area contributed by atoms with Crippen molar-refractivity contribution in [1.82, 2.24) is 5.32 Å². The number of carbonyl (C=O) groups excluding carboxylic acids is 1. The minimum Gasteiger partial charge on any atom is -0.374 e. The van der Waals surface area contributed by atoms with Crippen LogP contribution in [0.3, 0.4) is 0 Å². The lowest BCUT2D eigenvalue weighted by molar-refractivity contribution is -0.121. The van der Waals surface area contributed by atoms with E-state index in [2.05, 4.69) is 10.6 Å². The van der Waals surface area contributed by atoms with E-state index in [1.165, 1.54) is 0 Å². The van der Waals surface area contributed by atoms with Crippen LogP contribution in [0.25, 0.3) is 0 Å². The zero-order valence-corrected chi connectivity index (χ0v) is 9.92. The summed E-state index contributed by atoms with van der Waals surface area (Å²) in [6.07, 6.45) is 2.21. The molecule has 2 rings (SSSR count). The summed E-state index contributed by atoms with van der Waals surface area (Å²) in [5, 5.41) is 6.74. The molecule has 1 atom stereocenters. The monoisotopic (exact) mass is 238 g/mol. The molecule has 0 radical (unpaired) electrons. The van der Waals surface area contributed by atoms with Crippen molar-refractivity contribution >= 4 is 23.2 Å². The van der Waals surface area contributed by atoms with Crippen molar-refractivity contribution in [3.8, 4) is 0 Å². The van der Waals surface area contributed by atoms with Crippen LogP contribution >= 0.6 is 11.6 Å². The van der Waals surface area contributed by atoms with Gasteiger partial charge in [0, 0.05) is 16.8 Å². The van der Waals surface area contributed by atoms with Gasteiger partial charge in [0.2, 0.25) is 5.91 Å². The predicted molar refractivity (Wildman–Crippen MR) is 65.7 cm³/mol. The minimum absolute atomic E-state index is 0.0440. The predicted octanol–water partition coefficient (Wildman–Crippen LogP) is 2.42. The molecule has 1 fully saturated rings. The molecular formula is C12H15ClN2O. The smallest absolute Gasteiger partial charge is 0.242 e. The fourth-order valence-electron chi connectivity index (χ4n) is 1.45. The van der Waals surface area contributed by atoms with E-state index in [0.29, 0.717) is 11.1 Å². The third-order valence-electron chi connectivity index (χ3n) is 2.52. The Labute approximate surface area is 100 Å². The maximum absolute atomic E-state index is 11.7. The summed E-state index contributed by atoms with van der Waals surface area (Å²) in [6.45, 7) is 1.85. The zero-order valence-electron chi connectivity index (χ0n) is 9.16. The Morgan fingerprint density at radius 2 is 2.25 bits per heavy atom. The quantitative estimate of drug-likeness (QED) is 0.846. The summed E-state index contributed by atoms with van der Waals surface area (Å²) in [6, 6.07) is 7.53. The Morgan fingerprint density at radius 1 is 1.50 bits per heavy atom. The van der Waals surface area contributed by atoms with Crippen LogP contribution in [0.1, 0.15) is 19.8 Å². The minimum atomic E-state index is -0.237. The molecular weight excluding hydrogens is 224 g/mol. The van der Waals surface area contributed by atoms with E-state index in [-0.39, 0.29) is 11.9 Å². The fraction of sp³-hybridized carbons (Fsp3) is 0.417. The van der Waals surface area contributed by atoms with Crippen molar-refractivity contribution < 1.29 is 4.79 Å². The van der Waals surface area contributed by atoms with Gasteiger partial charge in [-0.1, -0.05) is 17.7 Å². The number of carbonyl (C=O) groups is 1. The van der Waals surface area contributed by atoms with Gasteiger partial charge in [0.25, 0.3) is 0 Å². The van der Waals surface area contributed by atoms with Crippen molar-refractivity contribution in [2.75, 3.05) is 5.32 Å². The second-order valence-corrected chi connectivity index (χ2v) is 4.60. The van der Waals surface area contributed by atoms with Crippen molar-refractivity contribution in [1.29, 1.82) is 0 Å². The van der Waals surface area contributed by atoms with Crippen LogP contribution in [0.2, 0.25) is 5.02 Å². The molecule has 1 unspecified atom stereocenters. The van der Waals surface area contributed by atoms with E-state index in [1.54, 1.807) is 0 Å². The van der Waals surface area contributed by atoms with Crippen molar-refractivity contribution in [3.05, 3.63) is 29.3 Å². The Kier molecular flexibility index (Phi) is 3.34. The van der Waals surface area contributed by atoms with E-state index >= 15 is 0 Å². The molecule has 4 heteroatoms. The molecule has 86 valence electrons. The van der Waals surface area contributed by atoms with Crippen LogP contribution in [0, 0.1) is 0 Å². The van der Waals surface area contributed by atoms with Gasteiger partial charge >= 0.3 is 0 Å². The van der Waals surface area contributed by atoms with Crippen molar-refractivity contribution in [2.45, 2.75) is 31.8 Å². The Hall–Kier alpha value is -1.22. The topological polar surface area (TPSA) is 41.1 Å². The second kappa shape index (κ2) is 4.74. The lowest BCUT2D eigenvalue weighted by Crippen LogP contribution is -2.38. The molecule has 1 aliphatic carbocycles. The SMILES string of the molecule is CC(Nc1cccc(Cl)c1)C(=O)NC1CC1. The van der Waals surface area contributed by atoms with Gasteiger partial charge in [0.15, 0.2) is 0 Å². The summed E-state index contributed by atoms with van der Waals surface area (Å²) < 4.78 is 0. The molecule has 1 amide bonds. The highest BCUT2D eigenvalue weighted by Gasteiger charge is 2.25. The van der Waals surface area contributed by atoms with Crippen molar-refractivity contribution in [3.63, 3.8) is 0 Å². The number of halogens is 1. The summed E-state index contributed by atoms with van der Waals surface area (Å²) in [5.41, 5.74) is 0.867. The van der Waals surface area contributed by atoms with Gasteiger partial charge in [0.1, 0.15) is 6.04 Å². The zero-order chi connectivity index (χ0) is 11.5. The molecule has 0 aliphatic heterocycles. The molecule has 2 N–H and O–H groups in total. The molecule has 0 spiro atoms. The molecule has 1 aromatic rings. The van der Waals surface area contributed by atoms with Crippen LogP contribution in [0.4, 0.5) is 5.69 Å². The summed E-state index contributed by atoms with van der Waals surface area (Å²) in [4.78, 5) is 11.7. The number of hydrogen-bond donors (Lipinski definition) is 2. The van der Waals surface area contributed by atoms with Gasteiger partial charge in [0.05, 0.1) is 0 Å². The second-order valence-electron chi connectivity index (χ2n) is 4.16. The molecule has 0 heterocycles. The number of hydrogen-bond acceptors (Lipinski definition) is 2. The van der Waals surface area contributed by atoms with Gasteiger partial charge < -0.3 is 10.6 Å². The molecule has 1 saturated carbocycles. The molecule has 3 nitrogen and oxygen atoms in total. The number of benzene rings is 1. The average molecular weight is 239 g/mol. The Morgan fingerprint density at radius 3 is 2.88 bits per heavy atom. The number of rotatable bonds is 4. The summed E-state index contributed by atoms with van der Waals surface area (Å²) in [5.74, 6) is 0.0440.